The van der Waals surface area contributed by atoms with Crippen molar-refractivity contribution in [3.8, 4) is 0 Å². The second-order valence-electron chi connectivity index (χ2n) is 2.82. The Morgan fingerprint density at radius 2 is 2.42 bits per heavy atom. The van der Waals surface area contributed by atoms with E-state index in [-0.39, 0.29) is 0 Å². The van der Waals surface area contributed by atoms with E-state index < -0.39 is 0 Å². The summed E-state index contributed by atoms with van der Waals surface area (Å²) < 4.78 is 0. The first-order valence-electron chi connectivity index (χ1n) is 4.22. The molecule has 0 saturated carbocycles. The van der Waals surface area contributed by atoms with E-state index in [0.717, 1.165) is 18.8 Å². The molecule has 1 rings (SSSR count). The molecule has 3 nitrogen and oxygen atoms in total. The highest BCUT2D eigenvalue weighted by atomic mass is 15.2. The van der Waals surface area contributed by atoms with Crippen molar-refractivity contribution in [2.45, 2.75) is 19.8 Å². The predicted octanol–water partition coefficient (Wildman–Crippen LogP) is 1.44. The van der Waals surface area contributed by atoms with Crippen molar-refractivity contribution in [1.29, 1.82) is 0 Å². The van der Waals surface area contributed by atoms with Crippen LogP contribution in [0.25, 0.3) is 0 Å². The molecule has 12 heavy (non-hydrogen) atoms. The maximum atomic E-state index is 5.49. The molecule has 1 aliphatic rings. The van der Waals surface area contributed by atoms with Crippen LogP contribution in [0.3, 0.4) is 0 Å². The summed E-state index contributed by atoms with van der Waals surface area (Å²) in [6.07, 6.45) is 6.06. The van der Waals surface area contributed by atoms with Crippen LogP contribution in [0.5, 0.6) is 0 Å². The Balaban J connectivity index is 2.49. The predicted molar refractivity (Wildman–Crippen MR) is 51.5 cm³/mol. The quantitative estimate of drug-likeness (QED) is 0.687. The van der Waals surface area contributed by atoms with Crippen molar-refractivity contribution < 1.29 is 0 Å². The van der Waals surface area contributed by atoms with Crippen LogP contribution in [0, 0.1) is 0 Å². The molecule has 0 aromatic carbocycles. The molecule has 1 aliphatic heterocycles. The van der Waals surface area contributed by atoms with Gasteiger partial charge in [0.05, 0.1) is 0 Å². The van der Waals surface area contributed by atoms with Gasteiger partial charge in [-0.05, 0) is 12.5 Å². The Morgan fingerprint density at radius 3 is 3.00 bits per heavy atom. The zero-order valence-electron chi connectivity index (χ0n) is 7.45. The van der Waals surface area contributed by atoms with E-state index >= 15 is 0 Å². The lowest BCUT2D eigenvalue weighted by molar-refractivity contribution is 0.443. The SMILES string of the molecule is C=C1N=C(N)C=CN1CCCC. The highest BCUT2D eigenvalue weighted by Gasteiger charge is 2.06. The number of unbranched alkanes of at least 4 members (excludes halogenated alkanes) is 1. The number of hydrogen-bond acceptors (Lipinski definition) is 3. The van der Waals surface area contributed by atoms with Gasteiger partial charge in [-0.15, -0.1) is 0 Å². The first-order valence-corrected chi connectivity index (χ1v) is 4.22. The molecule has 0 aliphatic carbocycles. The lowest BCUT2D eigenvalue weighted by Crippen LogP contribution is -2.23. The summed E-state index contributed by atoms with van der Waals surface area (Å²) in [7, 11) is 0. The highest BCUT2D eigenvalue weighted by molar-refractivity contribution is 5.92. The van der Waals surface area contributed by atoms with Crippen molar-refractivity contribution in [1.82, 2.24) is 4.90 Å². The molecule has 0 radical (unpaired) electrons. The minimum absolute atomic E-state index is 0.535. The Hall–Kier alpha value is -1.25. The normalized spacial score (nSPS) is 16.6. The average molecular weight is 165 g/mol. The standard InChI is InChI=1S/C9H15N3/c1-3-4-6-12-7-5-9(10)11-8(12)2/h5,7H,2-4,6H2,1H3,(H2,10,11). The lowest BCUT2D eigenvalue weighted by Gasteiger charge is -2.22. The molecule has 0 amide bonds. The largest absolute Gasteiger partial charge is 0.384 e. The number of hydrogen-bond donors (Lipinski definition) is 1. The van der Waals surface area contributed by atoms with Crippen molar-refractivity contribution >= 4 is 5.84 Å². The Kier molecular flexibility index (Phi) is 2.91. The minimum atomic E-state index is 0.535. The second-order valence-corrected chi connectivity index (χ2v) is 2.82. The van der Waals surface area contributed by atoms with Gasteiger partial charge in [0.15, 0.2) is 0 Å². The third-order valence-corrected chi connectivity index (χ3v) is 1.77. The third-order valence-electron chi connectivity index (χ3n) is 1.77. The molecule has 0 unspecified atom stereocenters. The molecule has 3 heteroatoms. The van der Waals surface area contributed by atoms with Crippen LogP contribution in [0.2, 0.25) is 0 Å². The molecule has 0 bridgehead atoms. The van der Waals surface area contributed by atoms with Gasteiger partial charge in [0.25, 0.3) is 0 Å². The van der Waals surface area contributed by atoms with Gasteiger partial charge in [-0.1, -0.05) is 19.9 Å². The summed E-state index contributed by atoms with van der Waals surface area (Å²) >= 11 is 0. The van der Waals surface area contributed by atoms with E-state index in [4.69, 9.17) is 5.73 Å². The molecular formula is C9H15N3. The van der Waals surface area contributed by atoms with Gasteiger partial charge in [0, 0.05) is 12.7 Å². The van der Waals surface area contributed by atoms with Gasteiger partial charge in [-0.2, -0.15) is 0 Å². The Labute approximate surface area is 73.3 Å². The van der Waals surface area contributed by atoms with Crippen LogP contribution in [-0.4, -0.2) is 17.3 Å². The summed E-state index contributed by atoms with van der Waals surface area (Å²) in [6, 6.07) is 0. The fourth-order valence-corrected chi connectivity index (χ4v) is 1.03. The van der Waals surface area contributed by atoms with Crippen molar-refractivity contribution in [2.24, 2.45) is 10.7 Å². The number of nitrogens with zero attached hydrogens (tertiary/aromatic N) is 2. The third kappa shape index (κ3) is 2.12. The van der Waals surface area contributed by atoms with Gasteiger partial charge in [-0.25, -0.2) is 4.99 Å². The summed E-state index contributed by atoms with van der Waals surface area (Å²) in [5.41, 5.74) is 5.49. The van der Waals surface area contributed by atoms with Crippen molar-refractivity contribution in [3.63, 3.8) is 0 Å². The maximum absolute atomic E-state index is 5.49. The van der Waals surface area contributed by atoms with E-state index in [1.807, 2.05) is 11.1 Å². The van der Waals surface area contributed by atoms with Gasteiger partial charge in [0.1, 0.15) is 11.7 Å². The van der Waals surface area contributed by atoms with Crippen LogP contribution >= 0.6 is 0 Å². The monoisotopic (exact) mass is 165 g/mol. The first kappa shape index (κ1) is 8.84. The highest BCUT2D eigenvalue weighted by Crippen LogP contribution is 2.10. The smallest absolute Gasteiger partial charge is 0.127 e. The fourth-order valence-electron chi connectivity index (χ4n) is 1.03. The topological polar surface area (TPSA) is 41.6 Å². The van der Waals surface area contributed by atoms with E-state index in [1.54, 1.807) is 6.08 Å². The van der Waals surface area contributed by atoms with Crippen LogP contribution in [0.15, 0.2) is 29.7 Å². The van der Waals surface area contributed by atoms with Crippen LogP contribution in [-0.2, 0) is 0 Å². The number of aliphatic imine (C=N–C) groups is 1. The molecule has 1 heterocycles. The summed E-state index contributed by atoms with van der Waals surface area (Å²) in [5, 5.41) is 0. The first-order chi connectivity index (χ1) is 5.74. The van der Waals surface area contributed by atoms with Crippen LogP contribution < -0.4 is 5.73 Å². The van der Waals surface area contributed by atoms with Gasteiger partial charge in [0.2, 0.25) is 0 Å². The Morgan fingerprint density at radius 1 is 1.67 bits per heavy atom. The van der Waals surface area contributed by atoms with Crippen LogP contribution in [0.4, 0.5) is 0 Å². The number of rotatable bonds is 3. The minimum Gasteiger partial charge on any atom is -0.384 e. The Bertz CT molecular complexity index is 228. The summed E-state index contributed by atoms with van der Waals surface area (Å²) in [6.45, 7) is 6.94. The van der Waals surface area contributed by atoms with Gasteiger partial charge in [-0.3, -0.25) is 0 Å². The molecule has 0 spiro atoms. The lowest BCUT2D eigenvalue weighted by atomic mass is 10.3. The molecule has 0 aromatic rings. The molecule has 0 atom stereocenters. The van der Waals surface area contributed by atoms with E-state index in [9.17, 15) is 0 Å². The molecular weight excluding hydrogens is 150 g/mol. The average Bonchev–Trinajstić information content (AvgIpc) is 2.03. The fraction of sp³-hybridized carbons (Fsp3) is 0.444. The molecule has 66 valence electrons. The maximum Gasteiger partial charge on any atom is 0.127 e. The molecule has 0 saturated heterocycles. The number of amidine groups is 1. The molecule has 0 fully saturated rings. The van der Waals surface area contributed by atoms with E-state index in [0.29, 0.717) is 5.84 Å². The van der Waals surface area contributed by atoms with Crippen LogP contribution in [0.1, 0.15) is 19.8 Å². The summed E-state index contributed by atoms with van der Waals surface area (Å²) in [4.78, 5) is 6.07. The summed E-state index contributed by atoms with van der Waals surface area (Å²) in [5.74, 6) is 1.27. The molecule has 0 aromatic heterocycles. The van der Waals surface area contributed by atoms with Gasteiger partial charge >= 0.3 is 0 Å². The van der Waals surface area contributed by atoms with Crippen molar-refractivity contribution in [3.05, 3.63) is 24.7 Å². The van der Waals surface area contributed by atoms with Crippen molar-refractivity contribution in [2.75, 3.05) is 6.54 Å². The second kappa shape index (κ2) is 3.95. The zero-order valence-corrected chi connectivity index (χ0v) is 7.45. The number of nitrogens with two attached hydrogens (primary N) is 1. The van der Waals surface area contributed by atoms with Gasteiger partial charge < -0.3 is 10.6 Å². The van der Waals surface area contributed by atoms with E-state index in [1.165, 1.54) is 6.42 Å². The zero-order chi connectivity index (χ0) is 8.97. The van der Waals surface area contributed by atoms with E-state index in [2.05, 4.69) is 18.5 Å². The molecule has 2 N–H and O–H groups in total.